The maximum absolute atomic E-state index is 12.7. The molecule has 2 aliphatic rings. The second kappa shape index (κ2) is 9.01. The molecule has 0 bridgehead atoms. The Balaban J connectivity index is 1.35. The molecule has 3 heterocycles. The van der Waals surface area contributed by atoms with E-state index >= 15 is 0 Å². The van der Waals surface area contributed by atoms with Crippen LogP contribution in [0.25, 0.3) is 0 Å². The van der Waals surface area contributed by atoms with Crippen LogP contribution in [-0.4, -0.2) is 58.0 Å². The fraction of sp³-hybridized carbons (Fsp3) is 0.565. The highest BCUT2D eigenvalue weighted by Gasteiger charge is 2.37. The largest absolute Gasteiger partial charge is 0.433 e. The van der Waals surface area contributed by atoms with Gasteiger partial charge in [0.05, 0.1) is 5.69 Å². The first-order valence-electron chi connectivity index (χ1n) is 11.3. The van der Waals surface area contributed by atoms with E-state index in [-0.39, 0.29) is 23.9 Å². The van der Waals surface area contributed by atoms with Crippen LogP contribution in [0.2, 0.25) is 0 Å². The maximum atomic E-state index is 12.7. The van der Waals surface area contributed by atoms with Gasteiger partial charge >= 0.3 is 6.18 Å². The van der Waals surface area contributed by atoms with Crippen LogP contribution in [0.1, 0.15) is 43.6 Å². The fourth-order valence-corrected chi connectivity index (χ4v) is 4.63. The van der Waals surface area contributed by atoms with E-state index in [9.17, 15) is 18.0 Å². The first kappa shape index (κ1) is 24.2. The summed E-state index contributed by atoms with van der Waals surface area (Å²) in [7, 11) is 3.84. The molecule has 1 aliphatic heterocycles. The molecule has 1 amide bonds. The molecule has 1 fully saturated rings. The topological polar surface area (TPSA) is 86.3 Å². The summed E-state index contributed by atoms with van der Waals surface area (Å²) in [5.74, 6) is 1.31. The third kappa shape index (κ3) is 4.79. The van der Waals surface area contributed by atoms with Crippen LogP contribution < -0.4 is 15.5 Å². The predicted molar refractivity (Wildman–Crippen MR) is 124 cm³/mol. The summed E-state index contributed by atoms with van der Waals surface area (Å²) < 4.78 is 38.1. The zero-order valence-electron chi connectivity index (χ0n) is 19.9. The molecular formula is C23H30F3N7O. The first-order valence-corrected chi connectivity index (χ1v) is 11.3. The van der Waals surface area contributed by atoms with Gasteiger partial charge in [0.1, 0.15) is 17.4 Å². The Bertz CT molecular complexity index is 1050. The van der Waals surface area contributed by atoms with Gasteiger partial charge in [-0.1, -0.05) is 19.9 Å². The van der Waals surface area contributed by atoms with Crippen molar-refractivity contribution in [2.45, 2.75) is 64.5 Å². The predicted octanol–water partition coefficient (Wildman–Crippen LogP) is 3.69. The Morgan fingerprint density at radius 2 is 1.97 bits per heavy atom. The molecular weight excluding hydrogens is 447 g/mol. The van der Waals surface area contributed by atoms with E-state index in [0.717, 1.165) is 24.5 Å². The summed E-state index contributed by atoms with van der Waals surface area (Å²) in [6.45, 7) is 6.39. The number of rotatable bonds is 6. The number of alkyl halides is 3. The molecule has 2 aromatic heterocycles. The van der Waals surface area contributed by atoms with E-state index in [2.05, 4.69) is 30.5 Å². The Morgan fingerprint density at radius 3 is 2.56 bits per heavy atom. The molecule has 184 valence electrons. The van der Waals surface area contributed by atoms with Crippen LogP contribution in [0.15, 0.2) is 18.3 Å². The summed E-state index contributed by atoms with van der Waals surface area (Å²) in [5, 5.41) is 6.34. The van der Waals surface area contributed by atoms with Gasteiger partial charge in [0.25, 0.3) is 0 Å². The number of aryl methyl sites for hydroxylation is 1. The molecule has 2 aromatic rings. The number of fused-ring (bicyclic) bond motifs is 1. The number of nitrogens with zero attached hydrogens (tertiary/aromatic N) is 5. The van der Waals surface area contributed by atoms with Gasteiger partial charge in [0, 0.05) is 31.9 Å². The number of hydrogen-bond acceptors (Lipinski definition) is 7. The van der Waals surface area contributed by atoms with Crippen molar-refractivity contribution in [1.82, 2.24) is 19.9 Å². The van der Waals surface area contributed by atoms with Gasteiger partial charge in [-0.2, -0.15) is 18.2 Å². The number of pyridine rings is 1. The number of aromatic nitrogens is 3. The number of likely N-dealkylation sites (N-methyl/N-ethyl adjacent to an activating group) is 1. The first-order chi connectivity index (χ1) is 15.9. The minimum Gasteiger partial charge on any atom is -0.351 e. The maximum Gasteiger partial charge on any atom is 0.433 e. The molecule has 34 heavy (non-hydrogen) atoms. The molecule has 1 saturated carbocycles. The number of nitrogens with one attached hydrogen (secondary N) is 2. The van der Waals surface area contributed by atoms with Crippen LogP contribution in [0.5, 0.6) is 0 Å². The zero-order valence-corrected chi connectivity index (χ0v) is 19.9. The zero-order chi connectivity index (χ0) is 24.8. The minimum absolute atomic E-state index is 0.0504. The van der Waals surface area contributed by atoms with E-state index in [1.54, 1.807) is 0 Å². The smallest absolute Gasteiger partial charge is 0.351 e. The molecule has 11 heteroatoms. The van der Waals surface area contributed by atoms with Crippen molar-refractivity contribution in [3.63, 3.8) is 0 Å². The SMILES string of the molecule is Cc1nc(NC2CC(N(C)Cc3ccc(C(F)(F)F)nc3)C2)nc2c1NC(=O)C(C(C)C)N2C. The lowest BCUT2D eigenvalue weighted by atomic mass is 9.85. The minimum atomic E-state index is -4.43. The quantitative estimate of drug-likeness (QED) is 0.656. The average Bonchev–Trinajstić information content (AvgIpc) is 2.70. The molecule has 1 aliphatic carbocycles. The second-order valence-corrected chi connectivity index (χ2v) is 9.55. The lowest BCUT2D eigenvalue weighted by molar-refractivity contribution is -0.141. The highest BCUT2D eigenvalue weighted by Crippen LogP contribution is 2.35. The van der Waals surface area contributed by atoms with Crippen molar-refractivity contribution in [3.8, 4) is 0 Å². The summed E-state index contributed by atoms with van der Waals surface area (Å²) in [4.78, 5) is 29.3. The molecule has 4 rings (SSSR count). The van der Waals surface area contributed by atoms with Gasteiger partial charge in [-0.3, -0.25) is 14.7 Å². The van der Waals surface area contributed by atoms with Gasteiger partial charge < -0.3 is 15.5 Å². The van der Waals surface area contributed by atoms with Gasteiger partial charge in [-0.05, 0) is 44.4 Å². The number of anilines is 3. The molecule has 0 radical (unpaired) electrons. The van der Waals surface area contributed by atoms with Gasteiger partial charge in [0.2, 0.25) is 11.9 Å². The lowest BCUT2D eigenvalue weighted by Gasteiger charge is -2.42. The summed E-state index contributed by atoms with van der Waals surface area (Å²) >= 11 is 0. The molecule has 0 aromatic carbocycles. The van der Waals surface area contributed by atoms with E-state index in [0.29, 0.717) is 35.7 Å². The monoisotopic (exact) mass is 477 g/mol. The highest BCUT2D eigenvalue weighted by atomic mass is 19.4. The van der Waals surface area contributed by atoms with E-state index in [1.807, 2.05) is 39.8 Å². The van der Waals surface area contributed by atoms with Crippen LogP contribution in [-0.2, 0) is 17.5 Å². The van der Waals surface area contributed by atoms with E-state index < -0.39 is 11.9 Å². The van der Waals surface area contributed by atoms with Gasteiger partial charge in [0.15, 0.2) is 5.82 Å². The number of carbonyl (C=O) groups is 1. The third-order valence-corrected chi connectivity index (χ3v) is 6.59. The summed E-state index contributed by atoms with van der Waals surface area (Å²) in [6, 6.07) is 2.69. The molecule has 1 unspecified atom stereocenters. The third-order valence-electron chi connectivity index (χ3n) is 6.59. The molecule has 2 N–H and O–H groups in total. The van der Waals surface area contributed by atoms with Gasteiger partial charge in [-0.15, -0.1) is 0 Å². The van der Waals surface area contributed by atoms with Crippen LogP contribution in [0.4, 0.5) is 30.6 Å². The molecule has 8 nitrogen and oxygen atoms in total. The van der Waals surface area contributed by atoms with Crippen molar-refractivity contribution in [2.24, 2.45) is 5.92 Å². The summed E-state index contributed by atoms with van der Waals surface area (Å²) in [5.41, 5.74) is 1.21. The average molecular weight is 478 g/mol. The van der Waals surface area contributed by atoms with Crippen LogP contribution in [0, 0.1) is 12.8 Å². The number of amides is 1. The number of carbonyl (C=O) groups excluding carboxylic acids is 1. The van der Waals surface area contributed by atoms with Gasteiger partial charge in [-0.25, -0.2) is 4.98 Å². The Hall–Kier alpha value is -2.95. The van der Waals surface area contributed by atoms with Crippen LogP contribution >= 0.6 is 0 Å². The van der Waals surface area contributed by atoms with Crippen molar-refractivity contribution < 1.29 is 18.0 Å². The van der Waals surface area contributed by atoms with E-state index in [4.69, 9.17) is 0 Å². The Morgan fingerprint density at radius 1 is 1.26 bits per heavy atom. The molecule has 0 spiro atoms. The number of hydrogen-bond donors (Lipinski definition) is 2. The Labute approximate surface area is 197 Å². The normalized spacial score (nSPS) is 22.5. The summed E-state index contributed by atoms with van der Waals surface area (Å²) in [6.07, 6.45) is -1.40. The molecule has 1 atom stereocenters. The van der Waals surface area contributed by atoms with Crippen molar-refractivity contribution in [2.75, 3.05) is 29.6 Å². The molecule has 0 saturated heterocycles. The Kier molecular flexibility index (Phi) is 6.41. The standard InChI is InChI=1S/C23H30F3N7O/c1-12(2)19-21(34)30-18-13(3)28-22(31-20(18)33(19)5)29-15-8-16(9-15)32(4)11-14-6-7-17(27-10-14)23(24,25)26/h6-7,10,12,15-16,19H,8-9,11H2,1-5H3,(H,30,34)(H,28,29,31). The van der Waals surface area contributed by atoms with Crippen molar-refractivity contribution >= 4 is 23.4 Å². The van der Waals surface area contributed by atoms with E-state index in [1.165, 1.54) is 12.3 Å². The van der Waals surface area contributed by atoms with Crippen molar-refractivity contribution in [3.05, 3.63) is 35.3 Å². The lowest BCUT2D eigenvalue weighted by Crippen LogP contribution is -2.50. The van der Waals surface area contributed by atoms with Crippen LogP contribution in [0.3, 0.4) is 0 Å². The highest BCUT2D eigenvalue weighted by molar-refractivity contribution is 6.03. The van der Waals surface area contributed by atoms with Crippen molar-refractivity contribution in [1.29, 1.82) is 0 Å². The fourth-order valence-electron chi connectivity index (χ4n) is 4.63. The number of halogens is 3. The second-order valence-electron chi connectivity index (χ2n) is 9.55.